The Morgan fingerprint density at radius 3 is 1.70 bits per heavy atom. The van der Waals surface area contributed by atoms with E-state index in [4.69, 9.17) is 23.2 Å². The van der Waals surface area contributed by atoms with Crippen LogP contribution in [-0.2, 0) is 0 Å². The molecule has 0 aliphatic carbocycles. The summed E-state index contributed by atoms with van der Waals surface area (Å²) in [6, 6.07) is 40.8. The largest absolute Gasteiger partial charge is 0.456 e. The molecule has 0 aliphatic heterocycles. The van der Waals surface area contributed by atoms with Crippen LogP contribution in [0.15, 0.2) is 135 Å². The first-order chi connectivity index (χ1) is 21.3. The van der Waals surface area contributed by atoms with Crippen molar-refractivity contribution in [3.63, 3.8) is 0 Å². The average Bonchev–Trinajstić information content (AvgIpc) is 3.59. The van der Waals surface area contributed by atoms with Crippen LogP contribution in [0.2, 0.25) is 0 Å². The van der Waals surface area contributed by atoms with Gasteiger partial charge < -0.3 is 13.3 Å². The van der Waals surface area contributed by atoms with Gasteiger partial charge in [0.1, 0.15) is 33.5 Å². The molecular formula is C38H20N2O3. The van der Waals surface area contributed by atoms with E-state index >= 15 is 0 Å². The molecule has 0 radical (unpaired) electrons. The Balaban J connectivity index is 1.34. The molecule has 0 spiro atoms. The van der Waals surface area contributed by atoms with Gasteiger partial charge in [-0.3, -0.25) is 0 Å². The second-order valence-electron chi connectivity index (χ2n) is 10.9. The summed E-state index contributed by atoms with van der Waals surface area (Å²) in [7, 11) is 0. The van der Waals surface area contributed by atoms with Gasteiger partial charge in [0.2, 0.25) is 0 Å². The number of hydrogen-bond donors (Lipinski definition) is 0. The van der Waals surface area contributed by atoms with Gasteiger partial charge in [-0.05, 0) is 41.8 Å². The van der Waals surface area contributed by atoms with Gasteiger partial charge in [0, 0.05) is 27.3 Å². The zero-order chi connectivity index (χ0) is 28.1. The first-order valence-electron chi connectivity index (χ1n) is 14.2. The fraction of sp³-hybridized carbons (Fsp3) is 0. The topological polar surface area (TPSA) is 65.2 Å². The lowest BCUT2D eigenvalue weighted by molar-refractivity contribution is 0.658. The summed E-state index contributed by atoms with van der Waals surface area (Å²) in [4.78, 5) is 10.2. The molecule has 5 nitrogen and oxygen atoms in total. The van der Waals surface area contributed by atoms with Crippen LogP contribution < -0.4 is 0 Å². The summed E-state index contributed by atoms with van der Waals surface area (Å²) in [6.45, 7) is 0. The number of furan rings is 2. The third kappa shape index (κ3) is 3.16. The smallest absolute Gasteiger partial charge is 0.164 e. The summed E-state index contributed by atoms with van der Waals surface area (Å²) >= 11 is 0. The minimum absolute atomic E-state index is 0.589. The maximum absolute atomic E-state index is 6.80. The van der Waals surface area contributed by atoms with E-state index in [9.17, 15) is 0 Å². The summed E-state index contributed by atoms with van der Waals surface area (Å²) in [5.74, 6) is 0.589. The zero-order valence-corrected chi connectivity index (χ0v) is 22.7. The molecule has 0 aliphatic rings. The van der Waals surface area contributed by atoms with Crippen molar-refractivity contribution in [2.75, 3.05) is 0 Å². The number of aromatic nitrogens is 2. The maximum Gasteiger partial charge on any atom is 0.164 e. The van der Waals surface area contributed by atoms with E-state index in [1.54, 1.807) is 0 Å². The molecular weight excluding hydrogens is 532 g/mol. The zero-order valence-electron chi connectivity index (χ0n) is 22.7. The normalized spacial score (nSPS) is 12.2. The molecule has 200 valence electrons. The SMILES string of the molecule is c1ccc(-c2cc(-c3ccccc3)nc(-c3ccc4oc5c6ccccc6cc6oc7ccc8oc3c4c8c7c65)n2)cc1. The van der Waals surface area contributed by atoms with Crippen LogP contribution in [0.5, 0.6) is 0 Å². The summed E-state index contributed by atoms with van der Waals surface area (Å²) in [5, 5.41) is 5.97. The highest BCUT2D eigenvalue weighted by Gasteiger charge is 2.25. The predicted molar refractivity (Wildman–Crippen MR) is 171 cm³/mol. The van der Waals surface area contributed by atoms with Crippen molar-refractivity contribution in [2.45, 2.75) is 0 Å². The Bertz CT molecular complexity index is 2600. The van der Waals surface area contributed by atoms with E-state index < -0.39 is 0 Å². The maximum atomic E-state index is 6.80. The van der Waals surface area contributed by atoms with Crippen LogP contribution in [0.25, 0.3) is 99.7 Å². The number of benzene rings is 6. The standard InChI is InChI=1S/C38H20N2O3/c1-3-9-21(10-4-1)26-20-27(22-11-5-2-6-12-22)40-38(39-26)25-15-16-30-34-33-29(42-37(25)34)18-17-28-32(33)35-31(41-28)19-23-13-7-8-14-24(23)36(35)43-30/h1-20H. The first-order valence-corrected chi connectivity index (χ1v) is 14.2. The van der Waals surface area contributed by atoms with Gasteiger partial charge >= 0.3 is 0 Å². The highest BCUT2D eigenvalue weighted by Crippen LogP contribution is 2.48. The average molecular weight is 553 g/mol. The van der Waals surface area contributed by atoms with Crippen LogP contribution in [0.4, 0.5) is 0 Å². The number of rotatable bonds is 3. The molecule has 43 heavy (non-hydrogen) atoms. The predicted octanol–water partition coefficient (Wildman–Crippen LogP) is 10.6. The van der Waals surface area contributed by atoms with Gasteiger partial charge in [-0.1, -0.05) is 84.9 Å². The molecule has 10 aromatic rings. The molecule has 0 saturated heterocycles. The minimum Gasteiger partial charge on any atom is -0.456 e. The van der Waals surface area contributed by atoms with Crippen molar-refractivity contribution in [2.24, 2.45) is 0 Å². The molecule has 10 rings (SSSR count). The minimum atomic E-state index is 0.589. The summed E-state index contributed by atoms with van der Waals surface area (Å²) < 4.78 is 19.8. The lowest BCUT2D eigenvalue weighted by atomic mass is 10.0. The number of nitrogens with zero attached hydrogens (tertiary/aromatic N) is 2. The van der Waals surface area contributed by atoms with Crippen LogP contribution >= 0.6 is 0 Å². The number of hydrogen-bond acceptors (Lipinski definition) is 5. The van der Waals surface area contributed by atoms with Crippen LogP contribution in [0.1, 0.15) is 0 Å². The van der Waals surface area contributed by atoms with Gasteiger partial charge in [0.25, 0.3) is 0 Å². The van der Waals surface area contributed by atoms with Crippen LogP contribution in [-0.4, -0.2) is 9.97 Å². The fourth-order valence-corrected chi connectivity index (χ4v) is 6.53. The molecule has 0 bridgehead atoms. The Kier molecular flexibility index (Phi) is 4.39. The Hall–Kier alpha value is -5.94. The van der Waals surface area contributed by atoms with Gasteiger partial charge in [-0.15, -0.1) is 0 Å². The van der Waals surface area contributed by atoms with Crippen LogP contribution in [0, 0.1) is 0 Å². The Labute approximate surface area is 243 Å². The van der Waals surface area contributed by atoms with Gasteiger partial charge in [0.05, 0.1) is 27.7 Å². The van der Waals surface area contributed by atoms with E-state index in [1.165, 1.54) is 0 Å². The third-order valence-electron chi connectivity index (χ3n) is 8.46. The van der Waals surface area contributed by atoms with Crippen molar-refractivity contribution in [1.82, 2.24) is 9.97 Å². The molecule has 0 saturated carbocycles. The highest BCUT2D eigenvalue weighted by molar-refractivity contribution is 6.34. The first kappa shape index (κ1) is 22.7. The molecule has 4 heterocycles. The van der Waals surface area contributed by atoms with E-state index in [2.05, 4.69) is 42.5 Å². The molecule has 6 aromatic carbocycles. The molecule has 0 unspecified atom stereocenters. The third-order valence-corrected chi connectivity index (χ3v) is 8.46. The highest BCUT2D eigenvalue weighted by atomic mass is 16.4. The Morgan fingerprint density at radius 2 is 0.977 bits per heavy atom. The fourth-order valence-electron chi connectivity index (χ4n) is 6.53. The van der Waals surface area contributed by atoms with Crippen molar-refractivity contribution in [3.8, 4) is 33.9 Å². The van der Waals surface area contributed by atoms with Crippen molar-refractivity contribution >= 4 is 65.8 Å². The van der Waals surface area contributed by atoms with E-state index in [0.717, 1.165) is 88.3 Å². The molecule has 5 heteroatoms. The van der Waals surface area contributed by atoms with E-state index in [0.29, 0.717) is 11.4 Å². The van der Waals surface area contributed by atoms with Crippen molar-refractivity contribution in [1.29, 1.82) is 0 Å². The van der Waals surface area contributed by atoms with Gasteiger partial charge in [-0.2, -0.15) is 0 Å². The molecule has 0 atom stereocenters. The quantitative estimate of drug-likeness (QED) is 0.218. The van der Waals surface area contributed by atoms with Crippen LogP contribution in [0.3, 0.4) is 0 Å². The lowest BCUT2D eigenvalue weighted by Gasteiger charge is -2.10. The Morgan fingerprint density at radius 1 is 0.419 bits per heavy atom. The lowest BCUT2D eigenvalue weighted by Crippen LogP contribution is -1.96. The molecule has 0 N–H and O–H groups in total. The monoisotopic (exact) mass is 552 g/mol. The summed E-state index contributed by atoms with van der Waals surface area (Å²) in [5.41, 5.74) is 9.13. The molecule has 0 fully saturated rings. The van der Waals surface area contributed by atoms with E-state index in [1.807, 2.05) is 78.9 Å². The number of fused-ring (bicyclic) bond motifs is 2. The second-order valence-corrected chi connectivity index (χ2v) is 10.9. The summed E-state index contributed by atoms with van der Waals surface area (Å²) in [6.07, 6.45) is 0. The molecule has 0 amide bonds. The van der Waals surface area contributed by atoms with Gasteiger partial charge in [0.15, 0.2) is 5.82 Å². The van der Waals surface area contributed by atoms with Gasteiger partial charge in [-0.25, -0.2) is 9.97 Å². The van der Waals surface area contributed by atoms with E-state index in [-0.39, 0.29) is 0 Å². The van der Waals surface area contributed by atoms with Crippen molar-refractivity contribution < 1.29 is 13.3 Å². The molecule has 4 aromatic heterocycles. The second kappa shape index (κ2) is 8.30. The van der Waals surface area contributed by atoms with Crippen molar-refractivity contribution in [3.05, 3.63) is 121 Å².